The highest BCUT2D eigenvalue weighted by atomic mass is 32.2. The molecule has 0 fully saturated rings. The van der Waals surface area contributed by atoms with Crippen LogP contribution in [0.3, 0.4) is 0 Å². The van der Waals surface area contributed by atoms with Gasteiger partial charge in [-0.2, -0.15) is 13.2 Å². The molecule has 186 valence electrons. The molecule has 0 saturated carbocycles. The second-order valence-corrected chi connectivity index (χ2v) is 8.75. The summed E-state index contributed by atoms with van der Waals surface area (Å²) in [7, 11) is 0. The van der Waals surface area contributed by atoms with Crippen LogP contribution in [-0.4, -0.2) is 32.3 Å². The molecule has 0 saturated heterocycles. The molecule has 0 unspecified atom stereocenters. The minimum Gasteiger partial charge on any atom is -0.326 e. The molecule has 0 bridgehead atoms. The van der Waals surface area contributed by atoms with Gasteiger partial charge < -0.3 is 15.2 Å². The van der Waals surface area contributed by atoms with Gasteiger partial charge in [-0.15, -0.1) is 10.2 Å². The van der Waals surface area contributed by atoms with Crippen LogP contribution in [0, 0.1) is 0 Å². The molecule has 0 atom stereocenters. The topological polar surface area (TPSA) is 88.9 Å². The van der Waals surface area contributed by atoms with E-state index in [0.29, 0.717) is 23.2 Å². The average molecular weight is 514 g/mol. The van der Waals surface area contributed by atoms with Crippen LogP contribution >= 0.6 is 11.8 Å². The van der Waals surface area contributed by atoms with Gasteiger partial charge in [-0.3, -0.25) is 9.59 Å². The van der Waals surface area contributed by atoms with Gasteiger partial charge in [0.2, 0.25) is 11.8 Å². The molecule has 1 heterocycles. The number of alkyl halides is 3. The maximum Gasteiger partial charge on any atom is 0.416 e. The molecule has 4 rings (SSSR count). The molecule has 1 aromatic heterocycles. The predicted octanol–water partition coefficient (Wildman–Crippen LogP) is 5.38. The molecule has 7 nitrogen and oxygen atoms in total. The first kappa shape index (κ1) is 25.2. The number of rotatable bonds is 8. The summed E-state index contributed by atoms with van der Waals surface area (Å²) in [6, 6.07) is 17.8. The fourth-order valence-electron chi connectivity index (χ4n) is 3.65. The Hall–Kier alpha value is -3.86. The van der Waals surface area contributed by atoms with Crippen LogP contribution in [-0.2, 0) is 28.7 Å². The van der Waals surface area contributed by atoms with Gasteiger partial charge in [0.25, 0.3) is 0 Å². The molecule has 2 amide bonds. The van der Waals surface area contributed by atoms with Gasteiger partial charge in [0, 0.05) is 23.3 Å². The lowest BCUT2D eigenvalue weighted by Crippen LogP contribution is -2.18. The van der Waals surface area contributed by atoms with E-state index in [1.165, 1.54) is 23.9 Å². The van der Waals surface area contributed by atoms with Crippen LogP contribution in [0.5, 0.6) is 0 Å². The summed E-state index contributed by atoms with van der Waals surface area (Å²) in [6.07, 6.45) is -4.69. The zero-order valence-corrected chi connectivity index (χ0v) is 20.0. The number of thioether (sulfide) groups is 1. The maximum atomic E-state index is 12.9. The van der Waals surface area contributed by atoms with Crippen molar-refractivity contribution in [3.8, 4) is 0 Å². The quantitative estimate of drug-likeness (QED) is 0.309. The average Bonchev–Trinajstić information content (AvgIpc) is 3.23. The summed E-state index contributed by atoms with van der Waals surface area (Å²) in [4.78, 5) is 25.0. The highest BCUT2D eigenvalue weighted by molar-refractivity contribution is 7.99. The maximum absolute atomic E-state index is 12.9. The van der Waals surface area contributed by atoms with Crippen LogP contribution in [0.4, 0.5) is 24.5 Å². The second kappa shape index (κ2) is 10.8. The lowest BCUT2D eigenvalue weighted by molar-refractivity contribution is -0.137. The minimum atomic E-state index is -4.50. The van der Waals surface area contributed by atoms with E-state index < -0.39 is 17.6 Å². The van der Waals surface area contributed by atoms with E-state index in [-0.39, 0.29) is 23.8 Å². The Morgan fingerprint density at radius 3 is 2.47 bits per heavy atom. The molecule has 0 aliphatic rings. The summed E-state index contributed by atoms with van der Waals surface area (Å²) in [5.74, 6) is -0.316. The number of anilines is 2. The number of benzene rings is 3. The number of carbonyl (C=O) groups is 2. The molecule has 0 aliphatic carbocycles. The van der Waals surface area contributed by atoms with Crippen LogP contribution in [0.25, 0.3) is 10.8 Å². The number of aromatic nitrogens is 3. The van der Waals surface area contributed by atoms with Crippen molar-refractivity contribution in [1.29, 1.82) is 0 Å². The zero-order valence-electron chi connectivity index (χ0n) is 19.2. The van der Waals surface area contributed by atoms with Crippen molar-refractivity contribution in [2.75, 3.05) is 16.4 Å². The second-order valence-electron chi connectivity index (χ2n) is 7.81. The molecule has 0 radical (unpaired) electrons. The number of nitrogens with zero attached hydrogens (tertiary/aromatic N) is 3. The molecule has 36 heavy (non-hydrogen) atoms. The number of hydrogen-bond acceptors (Lipinski definition) is 5. The van der Waals surface area contributed by atoms with Crippen molar-refractivity contribution < 1.29 is 22.8 Å². The zero-order chi connectivity index (χ0) is 25.7. The fraction of sp³-hybridized carbons (Fsp3) is 0.200. The summed E-state index contributed by atoms with van der Waals surface area (Å²) >= 11 is 1.18. The van der Waals surface area contributed by atoms with Crippen LogP contribution in [0.2, 0.25) is 0 Å². The number of carbonyl (C=O) groups excluding carboxylic acids is 2. The van der Waals surface area contributed by atoms with Gasteiger partial charge in [-0.25, -0.2) is 0 Å². The lowest BCUT2D eigenvalue weighted by Gasteiger charge is -2.11. The van der Waals surface area contributed by atoms with Crippen molar-refractivity contribution in [3.05, 3.63) is 78.1 Å². The van der Waals surface area contributed by atoms with E-state index in [9.17, 15) is 22.8 Å². The highest BCUT2D eigenvalue weighted by Gasteiger charge is 2.30. The Labute approximate surface area is 209 Å². The van der Waals surface area contributed by atoms with Gasteiger partial charge in [0.1, 0.15) is 5.82 Å². The minimum absolute atomic E-state index is 0.0390. The van der Waals surface area contributed by atoms with Crippen LogP contribution in [0.1, 0.15) is 18.3 Å². The Bertz CT molecular complexity index is 1400. The smallest absolute Gasteiger partial charge is 0.326 e. The van der Waals surface area contributed by atoms with Gasteiger partial charge in [-0.05, 0) is 36.6 Å². The third kappa shape index (κ3) is 6.03. The number of nitrogens with one attached hydrogen (secondary N) is 2. The Morgan fingerprint density at radius 2 is 1.69 bits per heavy atom. The standard InChI is InChI=1S/C25H22F3N5O2S/c1-2-33-21(14-22(34)29-18-10-6-9-17(13-18)25(26,27)28)31-32-24(33)36-15-23(35)30-20-12-5-8-16-7-3-4-11-19(16)20/h3-13H,2,14-15H2,1H3,(H,29,34)(H,30,35). The Balaban J connectivity index is 1.37. The largest absolute Gasteiger partial charge is 0.416 e. The van der Waals surface area contributed by atoms with Crippen molar-refractivity contribution in [1.82, 2.24) is 14.8 Å². The lowest BCUT2D eigenvalue weighted by atomic mass is 10.1. The normalized spacial score (nSPS) is 11.4. The summed E-state index contributed by atoms with van der Waals surface area (Å²) in [6.45, 7) is 2.30. The van der Waals surface area contributed by atoms with Gasteiger partial charge in [0.05, 0.1) is 17.7 Å². The van der Waals surface area contributed by atoms with E-state index in [1.54, 1.807) is 4.57 Å². The monoisotopic (exact) mass is 513 g/mol. The third-order valence-corrected chi connectivity index (χ3v) is 6.26. The van der Waals surface area contributed by atoms with E-state index in [2.05, 4.69) is 20.8 Å². The predicted molar refractivity (Wildman–Crippen MR) is 133 cm³/mol. The third-order valence-electron chi connectivity index (χ3n) is 5.30. The highest BCUT2D eigenvalue weighted by Crippen LogP contribution is 2.30. The van der Waals surface area contributed by atoms with Gasteiger partial charge in [-0.1, -0.05) is 54.2 Å². The number of halogens is 3. The van der Waals surface area contributed by atoms with Crippen LogP contribution in [0.15, 0.2) is 71.9 Å². The molecule has 4 aromatic rings. The summed E-state index contributed by atoms with van der Waals surface area (Å²) in [5.41, 5.74) is -0.0998. The first-order chi connectivity index (χ1) is 17.2. The van der Waals surface area contributed by atoms with Crippen molar-refractivity contribution in [2.45, 2.75) is 31.2 Å². The molecule has 3 aromatic carbocycles. The van der Waals surface area contributed by atoms with Crippen molar-refractivity contribution in [2.24, 2.45) is 0 Å². The van der Waals surface area contributed by atoms with E-state index in [1.807, 2.05) is 49.4 Å². The summed E-state index contributed by atoms with van der Waals surface area (Å²) < 4.78 is 40.4. The molecule has 0 aliphatic heterocycles. The van der Waals surface area contributed by atoms with Crippen molar-refractivity contribution in [3.63, 3.8) is 0 Å². The van der Waals surface area contributed by atoms with Crippen LogP contribution < -0.4 is 10.6 Å². The molecular weight excluding hydrogens is 491 g/mol. The first-order valence-corrected chi connectivity index (χ1v) is 12.0. The Morgan fingerprint density at radius 1 is 0.944 bits per heavy atom. The fourth-order valence-corrected chi connectivity index (χ4v) is 4.47. The van der Waals surface area contributed by atoms with E-state index in [0.717, 1.165) is 22.9 Å². The molecule has 11 heteroatoms. The number of fused-ring (bicyclic) bond motifs is 1. The Kier molecular flexibility index (Phi) is 7.58. The molecule has 0 spiro atoms. The number of amides is 2. The first-order valence-electron chi connectivity index (χ1n) is 11.0. The summed E-state index contributed by atoms with van der Waals surface area (Å²) in [5, 5.41) is 15.9. The molecule has 2 N–H and O–H groups in total. The van der Waals surface area contributed by atoms with Gasteiger partial charge >= 0.3 is 6.18 Å². The SMILES string of the molecule is CCn1c(CC(=O)Nc2cccc(C(F)(F)F)c2)nnc1SCC(=O)Nc1cccc2ccccc12. The van der Waals surface area contributed by atoms with Crippen molar-refractivity contribution >= 4 is 45.7 Å². The van der Waals surface area contributed by atoms with E-state index in [4.69, 9.17) is 0 Å². The number of hydrogen-bond donors (Lipinski definition) is 2. The van der Waals surface area contributed by atoms with Gasteiger partial charge in [0.15, 0.2) is 5.16 Å². The van der Waals surface area contributed by atoms with E-state index >= 15 is 0 Å². The molecular formula is C25H22F3N5O2S.